The maximum Gasteiger partial charge on any atom is 0.138 e. The van der Waals surface area contributed by atoms with Gasteiger partial charge in [-0.1, -0.05) is 17.7 Å². The first-order valence-corrected chi connectivity index (χ1v) is 4.34. The summed E-state index contributed by atoms with van der Waals surface area (Å²) in [7, 11) is 0. The molecular weight excluding hydrogens is 171 g/mol. The summed E-state index contributed by atoms with van der Waals surface area (Å²) < 4.78 is 12.7. The SMILES string of the molecule is CSc1c(F)cccc1Cl. The second-order valence-corrected chi connectivity index (χ2v) is 2.98. The van der Waals surface area contributed by atoms with Crippen LogP contribution in [0.5, 0.6) is 0 Å². The zero-order chi connectivity index (χ0) is 7.56. The molecule has 0 atom stereocenters. The molecule has 0 unspecified atom stereocenters. The lowest BCUT2D eigenvalue weighted by atomic mass is 10.3. The summed E-state index contributed by atoms with van der Waals surface area (Å²) in [4.78, 5) is 0.518. The van der Waals surface area contributed by atoms with Gasteiger partial charge in [-0.3, -0.25) is 0 Å². The Bertz CT molecular complexity index is 217. The van der Waals surface area contributed by atoms with Crippen molar-refractivity contribution in [3.8, 4) is 0 Å². The highest BCUT2D eigenvalue weighted by molar-refractivity contribution is 7.98. The monoisotopic (exact) mass is 176 g/mol. The third-order valence-electron chi connectivity index (χ3n) is 1.12. The average molecular weight is 177 g/mol. The van der Waals surface area contributed by atoms with Crippen molar-refractivity contribution in [3.63, 3.8) is 0 Å². The molecule has 0 aromatic heterocycles. The molecule has 0 N–H and O–H groups in total. The summed E-state index contributed by atoms with van der Waals surface area (Å²) in [6.45, 7) is 0. The highest BCUT2D eigenvalue weighted by Crippen LogP contribution is 2.27. The van der Waals surface area contributed by atoms with E-state index in [-0.39, 0.29) is 5.82 Å². The minimum atomic E-state index is -0.250. The highest BCUT2D eigenvalue weighted by Gasteiger charge is 2.02. The lowest BCUT2D eigenvalue weighted by molar-refractivity contribution is 0.602. The summed E-state index contributed by atoms with van der Waals surface area (Å²) in [6, 6.07) is 4.67. The van der Waals surface area contributed by atoms with Crippen LogP contribution in [0.25, 0.3) is 0 Å². The van der Waals surface area contributed by atoms with Crippen LogP contribution in [0.4, 0.5) is 4.39 Å². The molecule has 0 heterocycles. The Hall–Kier alpha value is -0.210. The maximum absolute atomic E-state index is 12.7. The average Bonchev–Trinajstić information content (AvgIpc) is 1.88. The number of hydrogen-bond acceptors (Lipinski definition) is 1. The molecule has 0 spiro atoms. The summed E-state index contributed by atoms with van der Waals surface area (Å²) in [6.07, 6.45) is 1.80. The van der Waals surface area contributed by atoms with Gasteiger partial charge in [-0.25, -0.2) is 4.39 Å². The molecule has 0 aliphatic rings. The van der Waals surface area contributed by atoms with E-state index in [1.807, 2.05) is 0 Å². The van der Waals surface area contributed by atoms with Crippen LogP contribution in [0.15, 0.2) is 23.1 Å². The van der Waals surface area contributed by atoms with Crippen molar-refractivity contribution in [2.45, 2.75) is 4.90 Å². The predicted molar refractivity (Wildman–Crippen MR) is 43.2 cm³/mol. The normalized spacial score (nSPS) is 9.90. The van der Waals surface area contributed by atoms with E-state index < -0.39 is 0 Å². The number of hydrogen-bond donors (Lipinski definition) is 0. The van der Waals surface area contributed by atoms with E-state index in [1.165, 1.54) is 17.8 Å². The minimum absolute atomic E-state index is 0.250. The predicted octanol–water partition coefficient (Wildman–Crippen LogP) is 3.20. The lowest BCUT2D eigenvalue weighted by Crippen LogP contribution is -1.79. The molecule has 0 saturated heterocycles. The Morgan fingerprint density at radius 1 is 1.50 bits per heavy atom. The molecule has 0 amide bonds. The van der Waals surface area contributed by atoms with Gasteiger partial charge in [0.25, 0.3) is 0 Å². The summed E-state index contributed by atoms with van der Waals surface area (Å²) >= 11 is 6.98. The van der Waals surface area contributed by atoms with Crippen molar-refractivity contribution in [3.05, 3.63) is 29.0 Å². The lowest BCUT2D eigenvalue weighted by Gasteiger charge is -1.99. The summed E-state index contributed by atoms with van der Waals surface area (Å²) in [5.41, 5.74) is 0. The number of benzene rings is 1. The van der Waals surface area contributed by atoms with Crippen molar-refractivity contribution < 1.29 is 4.39 Å². The van der Waals surface area contributed by atoms with Crippen molar-refractivity contribution in [2.75, 3.05) is 6.26 Å². The molecule has 54 valence electrons. The first-order valence-electron chi connectivity index (χ1n) is 2.73. The molecule has 0 aliphatic heterocycles. The molecule has 0 saturated carbocycles. The van der Waals surface area contributed by atoms with Gasteiger partial charge in [0.15, 0.2) is 0 Å². The van der Waals surface area contributed by atoms with Gasteiger partial charge in [-0.15, -0.1) is 11.8 Å². The molecule has 1 rings (SSSR count). The van der Waals surface area contributed by atoms with Crippen LogP contribution in [0.2, 0.25) is 5.02 Å². The highest BCUT2D eigenvalue weighted by atomic mass is 35.5. The number of rotatable bonds is 1. The van der Waals surface area contributed by atoms with E-state index in [4.69, 9.17) is 11.6 Å². The molecule has 0 bridgehead atoms. The van der Waals surface area contributed by atoms with Gasteiger partial charge in [0.1, 0.15) is 5.82 Å². The zero-order valence-corrected chi connectivity index (χ0v) is 6.97. The Labute approximate surface area is 68.4 Å². The smallest absolute Gasteiger partial charge is 0.138 e. The van der Waals surface area contributed by atoms with Gasteiger partial charge in [0.05, 0.1) is 9.92 Å². The fraction of sp³-hybridized carbons (Fsp3) is 0.143. The Balaban J connectivity index is 3.17. The molecule has 0 fully saturated rings. The molecule has 1 aromatic carbocycles. The molecule has 0 nitrogen and oxygen atoms in total. The number of halogens is 2. The second-order valence-electron chi connectivity index (χ2n) is 1.75. The first kappa shape index (κ1) is 7.89. The van der Waals surface area contributed by atoms with E-state index in [1.54, 1.807) is 18.4 Å². The van der Waals surface area contributed by atoms with Crippen molar-refractivity contribution in [2.24, 2.45) is 0 Å². The molecule has 1 aromatic rings. The molecule has 0 radical (unpaired) electrons. The zero-order valence-electron chi connectivity index (χ0n) is 5.40. The van der Waals surface area contributed by atoms with E-state index >= 15 is 0 Å². The van der Waals surface area contributed by atoms with Crippen LogP contribution in [-0.2, 0) is 0 Å². The third-order valence-corrected chi connectivity index (χ3v) is 2.37. The standard InChI is InChI=1S/C7H6ClFS/c1-10-7-5(8)3-2-4-6(7)9/h2-4H,1H3. The molecule has 3 heteroatoms. The van der Waals surface area contributed by atoms with Crippen LogP contribution in [0.1, 0.15) is 0 Å². The summed E-state index contributed by atoms with van der Waals surface area (Å²) in [5, 5.41) is 0.479. The fourth-order valence-electron chi connectivity index (χ4n) is 0.678. The largest absolute Gasteiger partial charge is 0.206 e. The van der Waals surface area contributed by atoms with Crippen molar-refractivity contribution in [1.82, 2.24) is 0 Å². The Kier molecular flexibility index (Phi) is 2.57. The minimum Gasteiger partial charge on any atom is -0.206 e. The van der Waals surface area contributed by atoms with Gasteiger partial charge in [0, 0.05) is 0 Å². The summed E-state index contributed by atoms with van der Waals surface area (Å²) in [5.74, 6) is -0.250. The molecule has 0 aliphatic carbocycles. The third kappa shape index (κ3) is 1.44. The second kappa shape index (κ2) is 3.26. The van der Waals surface area contributed by atoms with E-state index in [2.05, 4.69) is 0 Å². The van der Waals surface area contributed by atoms with Crippen molar-refractivity contribution >= 4 is 23.4 Å². The molecular formula is C7H6ClFS. The van der Waals surface area contributed by atoms with Gasteiger partial charge >= 0.3 is 0 Å². The number of thioether (sulfide) groups is 1. The van der Waals surface area contributed by atoms with E-state index in [0.717, 1.165) is 0 Å². The van der Waals surface area contributed by atoms with E-state index in [9.17, 15) is 4.39 Å². The van der Waals surface area contributed by atoms with Gasteiger partial charge < -0.3 is 0 Å². The van der Waals surface area contributed by atoms with Crippen LogP contribution < -0.4 is 0 Å². The Morgan fingerprint density at radius 3 is 2.60 bits per heavy atom. The van der Waals surface area contributed by atoms with Crippen molar-refractivity contribution in [1.29, 1.82) is 0 Å². The van der Waals surface area contributed by atoms with Gasteiger partial charge in [-0.2, -0.15) is 0 Å². The maximum atomic E-state index is 12.7. The topological polar surface area (TPSA) is 0 Å². The fourth-order valence-corrected chi connectivity index (χ4v) is 1.60. The van der Waals surface area contributed by atoms with Crippen LogP contribution in [0, 0.1) is 5.82 Å². The first-order chi connectivity index (χ1) is 4.75. The van der Waals surface area contributed by atoms with Crippen LogP contribution in [-0.4, -0.2) is 6.26 Å². The quantitative estimate of drug-likeness (QED) is 0.593. The van der Waals surface area contributed by atoms with Gasteiger partial charge in [0.2, 0.25) is 0 Å². The molecule has 10 heavy (non-hydrogen) atoms. The Morgan fingerprint density at radius 2 is 2.20 bits per heavy atom. The van der Waals surface area contributed by atoms with Crippen LogP contribution >= 0.6 is 23.4 Å². The van der Waals surface area contributed by atoms with E-state index in [0.29, 0.717) is 9.92 Å². The van der Waals surface area contributed by atoms with Gasteiger partial charge in [-0.05, 0) is 18.4 Å². The van der Waals surface area contributed by atoms with Crippen LogP contribution in [0.3, 0.4) is 0 Å².